The molecule has 1 heterocycles. The van der Waals surface area contributed by atoms with E-state index >= 15 is 0 Å². The molecule has 0 aliphatic rings. The quantitative estimate of drug-likeness (QED) is 0.917. The van der Waals surface area contributed by atoms with Crippen LogP contribution in [0.5, 0.6) is 11.5 Å². The van der Waals surface area contributed by atoms with Crippen LogP contribution < -0.4 is 9.47 Å². The number of H-pyrrole nitrogens is 1. The summed E-state index contributed by atoms with van der Waals surface area (Å²) in [5.41, 5.74) is 0.650. The highest BCUT2D eigenvalue weighted by atomic mass is 19.4. The standard InChI is InChI=1S/C11H9F3N2O2/c12-11(13,14)18-10-3-1-2-9(4-10)17-6-8-5-15-7-16-8/h1-5,7H,6H2,(H,15,16). The monoisotopic (exact) mass is 258 g/mol. The molecular formula is C11H9F3N2O2. The molecule has 2 rings (SSSR count). The van der Waals surface area contributed by atoms with Crippen LogP contribution in [0.4, 0.5) is 13.2 Å². The van der Waals surface area contributed by atoms with Gasteiger partial charge in [-0.2, -0.15) is 0 Å². The van der Waals surface area contributed by atoms with Crippen LogP contribution in [-0.2, 0) is 6.61 Å². The molecule has 0 atom stereocenters. The zero-order valence-electron chi connectivity index (χ0n) is 9.07. The van der Waals surface area contributed by atoms with E-state index in [-0.39, 0.29) is 18.1 Å². The third-order valence-electron chi connectivity index (χ3n) is 1.98. The molecule has 1 aromatic carbocycles. The highest BCUT2D eigenvalue weighted by molar-refractivity contribution is 5.33. The molecule has 0 saturated heterocycles. The Morgan fingerprint density at radius 1 is 1.22 bits per heavy atom. The number of aromatic amines is 1. The van der Waals surface area contributed by atoms with Crippen LogP contribution in [0.15, 0.2) is 36.8 Å². The van der Waals surface area contributed by atoms with Crippen molar-refractivity contribution in [3.63, 3.8) is 0 Å². The second kappa shape index (κ2) is 4.99. The third-order valence-corrected chi connectivity index (χ3v) is 1.98. The fraction of sp³-hybridized carbons (Fsp3) is 0.182. The number of aromatic nitrogens is 2. The molecule has 18 heavy (non-hydrogen) atoms. The van der Waals surface area contributed by atoms with Gasteiger partial charge in [0.25, 0.3) is 0 Å². The van der Waals surface area contributed by atoms with Crippen molar-refractivity contribution in [2.45, 2.75) is 13.0 Å². The van der Waals surface area contributed by atoms with Gasteiger partial charge in [-0.25, -0.2) is 4.98 Å². The molecule has 0 spiro atoms. The summed E-state index contributed by atoms with van der Waals surface area (Å²) in [6.07, 6.45) is -1.58. The average molecular weight is 258 g/mol. The number of rotatable bonds is 4. The molecule has 0 saturated carbocycles. The maximum Gasteiger partial charge on any atom is 0.573 e. The number of nitrogens with zero attached hydrogens (tertiary/aromatic N) is 1. The van der Waals surface area contributed by atoms with Crippen LogP contribution in [0.2, 0.25) is 0 Å². The Labute approximate surface area is 100 Å². The first-order chi connectivity index (χ1) is 8.53. The predicted octanol–water partition coefficient (Wildman–Crippen LogP) is 2.89. The van der Waals surface area contributed by atoms with Crippen LogP contribution in [0, 0.1) is 0 Å². The Bertz CT molecular complexity index is 497. The van der Waals surface area contributed by atoms with Crippen LogP contribution in [0.25, 0.3) is 0 Å². The van der Waals surface area contributed by atoms with Crippen molar-refractivity contribution in [2.24, 2.45) is 0 Å². The Kier molecular flexibility index (Phi) is 3.40. The largest absolute Gasteiger partial charge is 0.573 e. The van der Waals surface area contributed by atoms with E-state index in [2.05, 4.69) is 14.7 Å². The van der Waals surface area contributed by atoms with Crippen molar-refractivity contribution in [3.05, 3.63) is 42.5 Å². The van der Waals surface area contributed by atoms with Gasteiger partial charge in [0, 0.05) is 12.3 Å². The van der Waals surface area contributed by atoms with Crippen LogP contribution >= 0.6 is 0 Å². The van der Waals surface area contributed by atoms with Gasteiger partial charge in [-0.05, 0) is 12.1 Å². The van der Waals surface area contributed by atoms with E-state index in [1.807, 2.05) is 0 Å². The van der Waals surface area contributed by atoms with Crippen molar-refractivity contribution in [1.29, 1.82) is 0 Å². The molecule has 1 N–H and O–H groups in total. The number of alkyl halides is 3. The number of imidazole rings is 1. The van der Waals surface area contributed by atoms with E-state index in [1.54, 1.807) is 6.20 Å². The summed E-state index contributed by atoms with van der Waals surface area (Å²) in [6, 6.07) is 5.33. The van der Waals surface area contributed by atoms with Gasteiger partial charge in [0.05, 0.1) is 12.0 Å². The van der Waals surface area contributed by atoms with Crippen LogP contribution in [0.1, 0.15) is 5.69 Å². The van der Waals surface area contributed by atoms with Gasteiger partial charge in [0.15, 0.2) is 0 Å². The fourth-order valence-electron chi connectivity index (χ4n) is 1.29. The van der Waals surface area contributed by atoms with Crippen LogP contribution in [-0.4, -0.2) is 16.3 Å². The van der Waals surface area contributed by atoms with Crippen molar-refractivity contribution < 1.29 is 22.6 Å². The molecule has 0 aliphatic heterocycles. The van der Waals surface area contributed by atoms with Crippen molar-refractivity contribution >= 4 is 0 Å². The molecule has 0 amide bonds. The molecule has 0 unspecified atom stereocenters. The van der Waals surface area contributed by atoms with Gasteiger partial charge in [-0.3, -0.25) is 0 Å². The minimum absolute atomic E-state index is 0.166. The fourth-order valence-corrected chi connectivity index (χ4v) is 1.29. The summed E-state index contributed by atoms with van der Waals surface area (Å²) in [4.78, 5) is 6.67. The van der Waals surface area contributed by atoms with Gasteiger partial charge in [0.2, 0.25) is 0 Å². The molecule has 1 aromatic heterocycles. The van der Waals surface area contributed by atoms with Crippen molar-refractivity contribution in [3.8, 4) is 11.5 Å². The summed E-state index contributed by atoms with van der Waals surface area (Å²) in [7, 11) is 0. The predicted molar refractivity (Wildman–Crippen MR) is 56.0 cm³/mol. The Morgan fingerprint density at radius 3 is 2.67 bits per heavy atom. The van der Waals surface area contributed by atoms with E-state index in [0.29, 0.717) is 5.69 Å². The summed E-state index contributed by atoms with van der Waals surface area (Å²) in [6.45, 7) is 0.166. The van der Waals surface area contributed by atoms with E-state index in [1.165, 1.54) is 30.6 Å². The van der Waals surface area contributed by atoms with Gasteiger partial charge in [0.1, 0.15) is 18.1 Å². The lowest BCUT2D eigenvalue weighted by Gasteiger charge is -2.10. The number of halogens is 3. The Balaban J connectivity index is 1.99. The van der Waals surface area contributed by atoms with E-state index in [9.17, 15) is 13.2 Å². The molecule has 0 fully saturated rings. The number of hydrogen-bond acceptors (Lipinski definition) is 3. The summed E-state index contributed by atoms with van der Waals surface area (Å²) in [5, 5.41) is 0. The zero-order valence-corrected chi connectivity index (χ0v) is 9.07. The smallest absolute Gasteiger partial charge is 0.487 e. The van der Waals surface area contributed by atoms with E-state index in [4.69, 9.17) is 4.74 Å². The molecule has 96 valence electrons. The molecule has 4 nitrogen and oxygen atoms in total. The first-order valence-corrected chi connectivity index (χ1v) is 4.99. The summed E-state index contributed by atoms with van der Waals surface area (Å²) in [5.74, 6) is -0.0400. The minimum Gasteiger partial charge on any atom is -0.487 e. The molecule has 0 aliphatic carbocycles. The Hall–Kier alpha value is -2.18. The number of benzene rings is 1. The molecule has 0 radical (unpaired) electrons. The summed E-state index contributed by atoms with van der Waals surface area (Å²) >= 11 is 0. The third kappa shape index (κ3) is 3.69. The number of nitrogens with one attached hydrogen (secondary N) is 1. The number of hydrogen-bond donors (Lipinski definition) is 1. The lowest BCUT2D eigenvalue weighted by atomic mass is 10.3. The second-order valence-electron chi connectivity index (χ2n) is 3.37. The molecule has 2 aromatic rings. The highest BCUT2D eigenvalue weighted by Crippen LogP contribution is 2.26. The molecule has 7 heteroatoms. The van der Waals surface area contributed by atoms with E-state index in [0.717, 1.165) is 0 Å². The second-order valence-corrected chi connectivity index (χ2v) is 3.37. The van der Waals surface area contributed by atoms with E-state index < -0.39 is 6.36 Å². The number of ether oxygens (including phenoxy) is 2. The lowest BCUT2D eigenvalue weighted by Crippen LogP contribution is -2.17. The normalized spacial score (nSPS) is 11.3. The first kappa shape index (κ1) is 12.3. The van der Waals surface area contributed by atoms with Crippen molar-refractivity contribution in [1.82, 2.24) is 9.97 Å². The van der Waals surface area contributed by atoms with Gasteiger partial charge in [-0.1, -0.05) is 6.07 Å². The lowest BCUT2D eigenvalue weighted by molar-refractivity contribution is -0.274. The van der Waals surface area contributed by atoms with Gasteiger partial charge < -0.3 is 14.5 Å². The van der Waals surface area contributed by atoms with Gasteiger partial charge >= 0.3 is 6.36 Å². The maximum atomic E-state index is 12.0. The van der Waals surface area contributed by atoms with Gasteiger partial charge in [-0.15, -0.1) is 13.2 Å². The summed E-state index contributed by atoms with van der Waals surface area (Å²) < 4.78 is 45.1. The molecular weight excluding hydrogens is 249 g/mol. The molecule has 0 bridgehead atoms. The van der Waals surface area contributed by atoms with Crippen LogP contribution in [0.3, 0.4) is 0 Å². The van der Waals surface area contributed by atoms with Crippen molar-refractivity contribution in [2.75, 3.05) is 0 Å². The average Bonchev–Trinajstić information content (AvgIpc) is 2.77. The minimum atomic E-state index is -4.71. The zero-order chi connectivity index (χ0) is 13.0. The topological polar surface area (TPSA) is 47.1 Å². The highest BCUT2D eigenvalue weighted by Gasteiger charge is 2.31. The Morgan fingerprint density at radius 2 is 2.00 bits per heavy atom. The SMILES string of the molecule is FC(F)(F)Oc1cccc(OCc2c[nH]cn2)c1. The first-order valence-electron chi connectivity index (χ1n) is 4.99. The maximum absolute atomic E-state index is 12.0.